The number of rotatable bonds is 4. The Kier molecular flexibility index (Phi) is 3.69. The van der Waals surface area contributed by atoms with Crippen molar-refractivity contribution in [1.82, 2.24) is 10.1 Å². The first kappa shape index (κ1) is 12.7. The third-order valence-corrected chi connectivity index (χ3v) is 3.74. The molecule has 3 rings (SSSR count). The minimum Gasteiger partial charge on any atom is -0.399 e. The number of thioether (sulfide) groups is 1. The van der Waals surface area contributed by atoms with Crippen LogP contribution in [0.2, 0.25) is 0 Å². The average Bonchev–Trinajstić information content (AvgIpc) is 2.97. The van der Waals surface area contributed by atoms with E-state index in [9.17, 15) is 0 Å². The van der Waals surface area contributed by atoms with Gasteiger partial charge in [0.25, 0.3) is 5.89 Å². The van der Waals surface area contributed by atoms with Gasteiger partial charge in [0.1, 0.15) is 0 Å². The Balaban J connectivity index is 1.67. The van der Waals surface area contributed by atoms with Crippen LogP contribution >= 0.6 is 11.8 Å². The molecular weight excluding hydrogens is 270 g/mol. The van der Waals surface area contributed by atoms with Gasteiger partial charge in [0.2, 0.25) is 0 Å². The molecule has 5 heteroatoms. The van der Waals surface area contributed by atoms with Gasteiger partial charge in [-0.15, -0.1) is 11.8 Å². The van der Waals surface area contributed by atoms with Gasteiger partial charge in [0.05, 0.1) is 5.75 Å². The molecule has 0 radical (unpaired) electrons. The van der Waals surface area contributed by atoms with E-state index >= 15 is 0 Å². The van der Waals surface area contributed by atoms with Crippen molar-refractivity contribution in [3.63, 3.8) is 0 Å². The largest absolute Gasteiger partial charge is 0.399 e. The molecule has 0 aliphatic rings. The first-order valence-corrected chi connectivity index (χ1v) is 7.16. The summed E-state index contributed by atoms with van der Waals surface area (Å²) >= 11 is 1.65. The van der Waals surface area contributed by atoms with E-state index in [0.717, 1.165) is 16.1 Å². The van der Waals surface area contributed by atoms with Crippen LogP contribution in [0.5, 0.6) is 0 Å². The third-order valence-electron chi connectivity index (χ3n) is 2.74. The minimum atomic E-state index is 0.554. The summed E-state index contributed by atoms with van der Waals surface area (Å²) in [4.78, 5) is 5.52. The first-order valence-electron chi connectivity index (χ1n) is 6.17. The van der Waals surface area contributed by atoms with Gasteiger partial charge in [-0.2, -0.15) is 4.98 Å². The lowest BCUT2D eigenvalue weighted by Crippen LogP contribution is -1.85. The van der Waals surface area contributed by atoms with Crippen LogP contribution in [0.15, 0.2) is 64.0 Å². The summed E-state index contributed by atoms with van der Waals surface area (Å²) in [7, 11) is 0. The molecule has 0 spiro atoms. The van der Waals surface area contributed by atoms with Crippen molar-refractivity contribution < 1.29 is 4.52 Å². The molecule has 1 aromatic heterocycles. The van der Waals surface area contributed by atoms with Crippen molar-refractivity contribution in [2.45, 2.75) is 10.6 Å². The predicted molar refractivity (Wildman–Crippen MR) is 80.1 cm³/mol. The van der Waals surface area contributed by atoms with Crippen LogP contribution in [0.25, 0.3) is 11.5 Å². The number of nitrogens with two attached hydrogens (primary N) is 1. The molecule has 2 aromatic carbocycles. The van der Waals surface area contributed by atoms with Gasteiger partial charge in [-0.3, -0.25) is 0 Å². The normalized spacial score (nSPS) is 10.6. The topological polar surface area (TPSA) is 64.9 Å². The molecule has 0 bridgehead atoms. The standard InChI is InChI=1S/C15H13N3OS/c16-12-6-8-13(9-7-12)20-10-14-17-15(19-18-14)11-4-2-1-3-5-11/h1-9H,10,16H2. The molecule has 4 nitrogen and oxygen atoms in total. The number of anilines is 1. The molecule has 0 atom stereocenters. The molecule has 2 N–H and O–H groups in total. The molecule has 0 aliphatic heterocycles. The zero-order valence-electron chi connectivity index (χ0n) is 10.7. The van der Waals surface area contributed by atoms with E-state index < -0.39 is 0 Å². The van der Waals surface area contributed by atoms with Crippen LogP contribution in [0.3, 0.4) is 0 Å². The monoisotopic (exact) mass is 283 g/mol. The highest BCUT2D eigenvalue weighted by atomic mass is 32.2. The molecule has 0 saturated carbocycles. The molecule has 0 fully saturated rings. The maximum Gasteiger partial charge on any atom is 0.257 e. The van der Waals surface area contributed by atoms with Gasteiger partial charge < -0.3 is 10.3 Å². The van der Waals surface area contributed by atoms with Crippen LogP contribution in [-0.4, -0.2) is 10.1 Å². The Labute approximate surface area is 121 Å². The van der Waals surface area contributed by atoms with Gasteiger partial charge in [0.15, 0.2) is 5.82 Å². The number of hydrogen-bond donors (Lipinski definition) is 1. The van der Waals surface area contributed by atoms with Gasteiger partial charge in [-0.1, -0.05) is 23.4 Å². The van der Waals surface area contributed by atoms with Crippen LogP contribution in [0.4, 0.5) is 5.69 Å². The molecule has 0 saturated heterocycles. The van der Waals surface area contributed by atoms with Crippen LogP contribution < -0.4 is 5.73 Å². The van der Waals surface area contributed by atoms with Crippen molar-refractivity contribution >= 4 is 17.4 Å². The van der Waals surface area contributed by atoms with Gasteiger partial charge in [-0.25, -0.2) is 0 Å². The molecular formula is C15H13N3OS. The van der Waals surface area contributed by atoms with Crippen molar-refractivity contribution in [2.24, 2.45) is 0 Å². The highest BCUT2D eigenvalue weighted by Gasteiger charge is 2.08. The lowest BCUT2D eigenvalue weighted by molar-refractivity contribution is 0.425. The predicted octanol–water partition coefficient (Wildman–Crippen LogP) is 3.61. The highest BCUT2D eigenvalue weighted by Crippen LogP contribution is 2.24. The lowest BCUT2D eigenvalue weighted by atomic mass is 10.2. The summed E-state index contributed by atoms with van der Waals surface area (Å²) < 4.78 is 5.26. The van der Waals surface area contributed by atoms with Crippen molar-refractivity contribution in [2.75, 3.05) is 5.73 Å². The molecule has 1 heterocycles. The van der Waals surface area contributed by atoms with E-state index in [2.05, 4.69) is 10.1 Å². The maximum atomic E-state index is 5.65. The quantitative estimate of drug-likeness (QED) is 0.585. The Bertz CT molecular complexity index is 680. The van der Waals surface area contributed by atoms with Crippen LogP contribution in [-0.2, 0) is 5.75 Å². The second-order valence-corrected chi connectivity index (χ2v) is 5.29. The average molecular weight is 283 g/mol. The summed E-state index contributed by atoms with van der Waals surface area (Å²) in [5.74, 6) is 1.91. The summed E-state index contributed by atoms with van der Waals surface area (Å²) in [5, 5.41) is 3.99. The van der Waals surface area contributed by atoms with E-state index in [0.29, 0.717) is 17.5 Å². The summed E-state index contributed by atoms with van der Waals surface area (Å²) in [6.07, 6.45) is 0. The smallest absolute Gasteiger partial charge is 0.257 e. The Morgan fingerprint density at radius 1 is 1.00 bits per heavy atom. The highest BCUT2D eigenvalue weighted by molar-refractivity contribution is 7.98. The molecule has 0 amide bonds. The van der Waals surface area contributed by atoms with Crippen LogP contribution in [0.1, 0.15) is 5.82 Å². The van der Waals surface area contributed by atoms with E-state index in [1.54, 1.807) is 11.8 Å². The molecule has 20 heavy (non-hydrogen) atoms. The molecule has 3 aromatic rings. The van der Waals surface area contributed by atoms with E-state index in [1.165, 1.54) is 0 Å². The fraction of sp³-hybridized carbons (Fsp3) is 0.0667. The molecule has 100 valence electrons. The lowest BCUT2D eigenvalue weighted by Gasteiger charge is -1.98. The van der Waals surface area contributed by atoms with Crippen molar-refractivity contribution in [3.05, 3.63) is 60.4 Å². The SMILES string of the molecule is Nc1ccc(SCc2noc(-c3ccccc3)n2)cc1. The number of nitrogens with zero attached hydrogens (tertiary/aromatic N) is 2. The summed E-state index contributed by atoms with van der Waals surface area (Å²) in [6, 6.07) is 17.5. The van der Waals surface area contributed by atoms with Crippen molar-refractivity contribution in [1.29, 1.82) is 0 Å². The molecule has 0 aliphatic carbocycles. The fourth-order valence-corrected chi connectivity index (χ4v) is 2.46. The summed E-state index contributed by atoms with van der Waals surface area (Å²) in [5.41, 5.74) is 7.35. The second kappa shape index (κ2) is 5.79. The second-order valence-electron chi connectivity index (χ2n) is 4.24. The van der Waals surface area contributed by atoms with E-state index in [1.807, 2.05) is 54.6 Å². The van der Waals surface area contributed by atoms with Crippen LogP contribution in [0, 0.1) is 0 Å². The fourth-order valence-electron chi connectivity index (χ4n) is 1.72. The number of nitrogen functional groups attached to an aromatic ring is 1. The molecule has 0 unspecified atom stereocenters. The Morgan fingerprint density at radius 3 is 2.50 bits per heavy atom. The van der Waals surface area contributed by atoms with E-state index in [-0.39, 0.29) is 0 Å². The number of benzene rings is 2. The number of aromatic nitrogens is 2. The maximum absolute atomic E-state index is 5.65. The third kappa shape index (κ3) is 3.00. The Hall–Kier alpha value is -2.27. The van der Waals surface area contributed by atoms with E-state index in [4.69, 9.17) is 10.3 Å². The zero-order valence-corrected chi connectivity index (χ0v) is 11.5. The number of hydrogen-bond acceptors (Lipinski definition) is 5. The zero-order chi connectivity index (χ0) is 13.8. The Morgan fingerprint density at radius 2 is 1.75 bits per heavy atom. The van der Waals surface area contributed by atoms with Crippen molar-refractivity contribution in [3.8, 4) is 11.5 Å². The first-order chi connectivity index (χ1) is 9.81. The van der Waals surface area contributed by atoms with Gasteiger partial charge in [0, 0.05) is 16.1 Å². The van der Waals surface area contributed by atoms with Gasteiger partial charge in [-0.05, 0) is 36.4 Å². The minimum absolute atomic E-state index is 0.554. The van der Waals surface area contributed by atoms with Gasteiger partial charge >= 0.3 is 0 Å². The summed E-state index contributed by atoms with van der Waals surface area (Å²) in [6.45, 7) is 0.